The largest absolute Gasteiger partial charge is 0.366 e. The van der Waals surface area contributed by atoms with Crippen molar-refractivity contribution in [1.29, 1.82) is 0 Å². The van der Waals surface area contributed by atoms with Crippen LogP contribution < -0.4 is 0 Å². The van der Waals surface area contributed by atoms with Crippen LogP contribution in [0.1, 0.15) is 44.4 Å². The van der Waals surface area contributed by atoms with Crippen LogP contribution in [0.5, 0.6) is 0 Å². The molecule has 0 saturated carbocycles. The molecular weight excluding hydrogens is 303 g/mol. The molecule has 5 nitrogen and oxygen atoms in total. The summed E-state index contributed by atoms with van der Waals surface area (Å²) in [6.45, 7) is 5.93. The van der Waals surface area contributed by atoms with Crippen molar-refractivity contribution in [1.82, 2.24) is 0 Å². The number of ketones is 1. The third-order valence-electron chi connectivity index (χ3n) is 3.62. The molecule has 0 aliphatic carbocycles. The summed E-state index contributed by atoms with van der Waals surface area (Å²) in [6, 6.07) is 7.93. The monoisotopic (exact) mass is 326 g/mol. The van der Waals surface area contributed by atoms with Crippen LogP contribution in [0.4, 0.5) is 0 Å². The second-order valence-corrected chi connectivity index (χ2v) is 7.18. The Kier molecular flexibility index (Phi) is 5.93. The summed E-state index contributed by atoms with van der Waals surface area (Å²) in [5.74, 6) is -1.35. The van der Waals surface area contributed by atoms with E-state index < -0.39 is 19.5 Å². The van der Waals surface area contributed by atoms with Crippen molar-refractivity contribution in [3.05, 3.63) is 35.4 Å². The van der Waals surface area contributed by atoms with Crippen LogP contribution in [0, 0.1) is 0 Å². The fourth-order valence-electron chi connectivity index (χ4n) is 2.51. The molecule has 0 bridgehead atoms. The van der Waals surface area contributed by atoms with E-state index in [0.29, 0.717) is 0 Å². The highest BCUT2D eigenvalue weighted by Gasteiger charge is 2.48. The molecule has 0 aromatic heterocycles. The molecule has 1 unspecified atom stereocenters. The number of rotatable bonds is 7. The minimum atomic E-state index is -3.57. The fraction of sp³-hybridized carbons (Fsp3) is 0.562. The van der Waals surface area contributed by atoms with Crippen molar-refractivity contribution in [2.75, 3.05) is 13.2 Å². The Morgan fingerprint density at radius 1 is 1.14 bits per heavy atom. The van der Waals surface area contributed by atoms with E-state index in [1.54, 1.807) is 13.8 Å². The molecule has 1 fully saturated rings. The van der Waals surface area contributed by atoms with Gasteiger partial charge in [0.2, 0.25) is 5.85 Å². The molecule has 1 aliphatic heterocycles. The zero-order valence-electron chi connectivity index (χ0n) is 13.3. The Bertz CT molecular complexity index is 544. The third kappa shape index (κ3) is 3.66. The summed E-state index contributed by atoms with van der Waals surface area (Å²) in [4.78, 5) is 12.2. The summed E-state index contributed by atoms with van der Waals surface area (Å²) in [5, 5.41) is 0. The molecule has 0 spiro atoms. The molecule has 2 rings (SSSR count). The Morgan fingerprint density at radius 2 is 1.73 bits per heavy atom. The lowest BCUT2D eigenvalue weighted by Crippen LogP contribution is -2.19. The number of aryl methyl sites for hydroxylation is 1. The van der Waals surface area contributed by atoms with Crippen LogP contribution in [0.3, 0.4) is 0 Å². The lowest BCUT2D eigenvalue weighted by molar-refractivity contribution is -0.120. The summed E-state index contributed by atoms with van der Waals surface area (Å²) >= 11 is 0. The second kappa shape index (κ2) is 7.51. The molecule has 0 N–H and O–H groups in total. The lowest BCUT2D eigenvalue weighted by Gasteiger charge is -2.22. The van der Waals surface area contributed by atoms with Crippen LogP contribution in [0.2, 0.25) is 0 Å². The Morgan fingerprint density at radius 3 is 2.23 bits per heavy atom. The van der Waals surface area contributed by atoms with Crippen molar-refractivity contribution >= 4 is 13.4 Å². The maximum absolute atomic E-state index is 12.7. The molecule has 1 aromatic carbocycles. The summed E-state index contributed by atoms with van der Waals surface area (Å²) < 4.78 is 28.9. The molecule has 6 heteroatoms. The third-order valence-corrected chi connectivity index (χ3v) is 5.84. The highest BCUT2D eigenvalue weighted by molar-refractivity contribution is 7.55. The first-order valence-corrected chi connectivity index (χ1v) is 9.31. The summed E-state index contributed by atoms with van der Waals surface area (Å²) in [7, 11) is -3.57. The maximum atomic E-state index is 12.7. The SMILES string of the molecule is CCOP(=O)(OCC)C1O[C@@H](c2ccc(CC)cc2)CC1=O. The van der Waals surface area contributed by atoms with E-state index in [0.717, 1.165) is 12.0 Å². The Balaban J connectivity index is 2.16. The molecule has 22 heavy (non-hydrogen) atoms. The zero-order chi connectivity index (χ0) is 16.2. The van der Waals surface area contributed by atoms with E-state index in [9.17, 15) is 9.36 Å². The van der Waals surface area contributed by atoms with Crippen LogP contribution in [-0.2, 0) is 29.6 Å². The molecule has 2 atom stereocenters. The van der Waals surface area contributed by atoms with Crippen molar-refractivity contribution in [2.45, 2.75) is 45.6 Å². The van der Waals surface area contributed by atoms with Crippen molar-refractivity contribution in [2.24, 2.45) is 0 Å². The molecule has 1 saturated heterocycles. The van der Waals surface area contributed by atoms with Gasteiger partial charge in [-0.25, -0.2) is 0 Å². The van der Waals surface area contributed by atoms with Gasteiger partial charge in [-0.2, -0.15) is 0 Å². The van der Waals surface area contributed by atoms with Crippen LogP contribution >= 0.6 is 7.60 Å². The maximum Gasteiger partial charge on any atom is 0.366 e. The van der Waals surface area contributed by atoms with Crippen molar-refractivity contribution in [3.63, 3.8) is 0 Å². The van der Waals surface area contributed by atoms with E-state index in [-0.39, 0.29) is 25.4 Å². The summed E-state index contributed by atoms with van der Waals surface area (Å²) in [5.41, 5.74) is 2.13. The van der Waals surface area contributed by atoms with E-state index >= 15 is 0 Å². The highest BCUT2D eigenvalue weighted by Crippen LogP contribution is 2.57. The summed E-state index contributed by atoms with van der Waals surface area (Å²) in [6.07, 6.45) is 0.759. The van der Waals surface area contributed by atoms with E-state index in [1.165, 1.54) is 5.56 Å². The average Bonchev–Trinajstić information content (AvgIpc) is 2.90. The van der Waals surface area contributed by atoms with Gasteiger partial charge in [-0.3, -0.25) is 9.36 Å². The Hall–Kier alpha value is -1.00. The van der Waals surface area contributed by atoms with E-state index in [1.807, 2.05) is 24.3 Å². The Labute approximate surface area is 131 Å². The van der Waals surface area contributed by atoms with Gasteiger partial charge in [-0.15, -0.1) is 0 Å². The normalized spacial score (nSPS) is 22.2. The van der Waals surface area contributed by atoms with Crippen LogP contribution in [-0.4, -0.2) is 24.8 Å². The predicted octanol–water partition coefficient (Wildman–Crippen LogP) is 3.87. The lowest BCUT2D eigenvalue weighted by atomic mass is 10.0. The second-order valence-electron chi connectivity index (χ2n) is 5.12. The average molecular weight is 326 g/mol. The minimum Gasteiger partial charge on any atom is -0.350 e. The van der Waals surface area contributed by atoms with Crippen LogP contribution in [0.15, 0.2) is 24.3 Å². The van der Waals surface area contributed by atoms with Gasteiger partial charge < -0.3 is 13.8 Å². The van der Waals surface area contributed by atoms with Gasteiger partial charge in [0.15, 0.2) is 5.78 Å². The molecule has 0 radical (unpaired) electrons. The number of hydrogen-bond donors (Lipinski definition) is 0. The molecule has 1 heterocycles. The van der Waals surface area contributed by atoms with Gasteiger partial charge in [0.1, 0.15) is 0 Å². The first-order valence-electron chi connectivity index (χ1n) is 7.69. The van der Waals surface area contributed by atoms with Crippen molar-refractivity contribution in [3.8, 4) is 0 Å². The van der Waals surface area contributed by atoms with Crippen molar-refractivity contribution < 1.29 is 23.1 Å². The number of ether oxygens (including phenoxy) is 1. The first kappa shape index (κ1) is 17.4. The molecule has 122 valence electrons. The first-order chi connectivity index (χ1) is 10.5. The minimum absolute atomic E-state index is 0.195. The zero-order valence-corrected chi connectivity index (χ0v) is 14.2. The molecular formula is C16H23O5P. The standard InChI is InChI=1S/C16H23O5P/c1-4-12-7-9-13(10-8-12)15-11-14(17)16(21-15)22(18,19-5-2)20-6-3/h7-10,15-16H,4-6,11H2,1-3H3/t15-,16?/m1/s1. The molecule has 1 aliphatic rings. The number of benzene rings is 1. The topological polar surface area (TPSA) is 61.8 Å². The van der Waals surface area contributed by atoms with Gasteiger partial charge in [0, 0.05) is 6.42 Å². The number of carbonyl (C=O) groups excluding carboxylic acids is 1. The van der Waals surface area contributed by atoms with Crippen LogP contribution in [0.25, 0.3) is 0 Å². The number of hydrogen-bond acceptors (Lipinski definition) is 5. The van der Waals surface area contributed by atoms with Gasteiger partial charge in [0.05, 0.1) is 19.3 Å². The van der Waals surface area contributed by atoms with Gasteiger partial charge in [-0.05, 0) is 31.4 Å². The predicted molar refractivity (Wildman–Crippen MR) is 83.9 cm³/mol. The highest BCUT2D eigenvalue weighted by atomic mass is 31.2. The van der Waals surface area contributed by atoms with E-state index in [2.05, 4.69) is 6.92 Å². The van der Waals surface area contributed by atoms with Gasteiger partial charge in [-0.1, -0.05) is 31.2 Å². The fourth-order valence-corrected chi connectivity index (χ4v) is 4.33. The van der Waals surface area contributed by atoms with Gasteiger partial charge >= 0.3 is 7.60 Å². The van der Waals surface area contributed by atoms with E-state index in [4.69, 9.17) is 13.8 Å². The van der Waals surface area contributed by atoms with Gasteiger partial charge in [0.25, 0.3) is 0 Å². The number of carbonyl (C=O) groups is 1. The number of Topliss-reactive ketones (excluding diaryl/α,β-unsaturated/α-hetero) is 1. The smallest absolute Gasteiger partial charge is 0.350 e. The quantitative estimate of drug-likeness (QED) is 0.712. The molecule has 0 amide bonds. The molecule has 1 aromatic rings.